The Labute approximate surface area is 106 Å². The van der Waals surface area contributed by atoms with Gasteiger partial charge in [-0.25, -0.2) is 8.42 Å². The molecule has 6 nitrogen and oxygen atoms in total. The van der Waals surface area contributed by atoms with Crippen molar-refractivity contribution in [2.75, 3.05) is 19.0 Å². The molecule has 18 heavy (non-hydrogen) atoms. The van der Waals surface area contributed by atoms with Gasteiger partial charge in [-0.05, 0) is 25.1 Å². The van der Waals surface area contributed by atoms with Gasteiger partial charge in [-0.15, -0.1) is 0 Å². The van der Waals surface area contributed by atoms with Crippen molar-refractivity contribution in [3.05, 3.63) is 24.3 Å². The Bertz CT molecular complexity index is 540. The molecule has 0 saturated carbocycles. The summed E-state index contributed by atoms with van der Waals surface area (Å²) in [6, 6.07) is 5.11. The zero-order valence-corrected chi connectivity index (χ0v) is 11.2. The maximum Gasteiger partial charge on any atom is 0.321 e. The molecule has 0 unspecified atom stereocenters. The summed E-state index contributed by atoms with van der Waals surface area (Å²) in [5.74, 6) is -1.22. The van der Waals surface area contributed by atoms with Crippen LogP contribution in [0.3, 0.4) is 0 Å². The van der Waals surface area contributed by atoms with Crippen LogP contribution in [-0.2, 0) is 14.8 Å². The molecule has 0 aliphatic carbocycles. The van der Waals surface area contributed by atoms with Crippen LogP contribution in [-0.4, -0.2) is 39.6 Å². The van der Waals surface area contributed by atoms with Crippen LogP contribution in [0.2, 0.25) is 0 Å². The van der Waals surface area contributed by atoms with Gasteiger partial charge in [0.15, 0.2) is 0 Å². The molecule has 0 amide bonds. The molecule has 2 N–H and O–H groups in total. The number of anilines is 1. The van der Waals surface area contributed by atoms with Crippen LogP contribution in [0.15, 0.2) is 29.2 Å². The third kappa shape index (κ3) is 3.44. The van der Waals surface area contributed by atoms with Crippen LogP contribution < -0.4 is 9.62 Å². The quantitative estimate of drug-likeness (QED) is 0.815. The Balaban J connectivity index is 3.05. The zero-order chi connectivity index (χ0) is 13.9. The summed E-state index contributed by atoms with van der Waals surface area (Å²) in [7, 11) is -0.237. The van der Waals surface area contributed by atoms with Crippen LogP contribution in [0.4, 0.5) is 5.69 Å². The summed E-state index contributed by atoms with van der Waals surface area (Å²) in [6.07, 6.45) is 0. The fourth-order valence-corrected chi connectivity index (χ4v) is 2.52. The Morgan fingerprint density at radius 2 is 2.00 bits per heavy atom. The van der Waals surface area contributed by atoms with Gasteiger partial charge in [0.1, 0.15) is 6.04 Å². The molecular weight excluding hydrogens is 256 g/mol. The van der Waals surface area contributed by atoms with Gasteiger partial charge in [-0.3, -0.25) is 4.79 Å². The molecule has 1 atom stereocenters. The van der Waals surface area contributed by atoms with Gasteiger partial charge < -0.3 is 10.0 Å². The van der Waals surface area contributed by atoms with Crippen molar-refractivity contribution < 1.29 is 18.3 Å². The first kappa shape index (κ1) is 14.5. The van der Waals surface area contributed by atoms with E-state index in [0.717, 1.165) is 5.69 Å². The normalized spacial score (nSPS) is 13.1. The van der Waals surface area contributed by atoms with Crippen molar-refractivity contribution in [2.24, 2.45) is 0 Å². The molecule has 0 saturated heterocycles. The van der Waals surface area contributed by atoms with Crippen molar-refractivity contribution in [1.82, 2.24) is 4.72 Å². The fraction of sp³-hybridized carbons (Fsp3) is 0.364. The third-order valence-corrected chi connectivity index (χ3v) is 3.89. The second kappa shape index (κ2) is 5.36. The van der Waals surface area contributed by atoms with E-state index in [1.165, 1.54) is 19.1 Å². The largest absolute Gasteiger partial charge is 0.480 e. The molecule has 0 aromatic heterocycles. The molecule has 0 aliphatic rings. The summed E-state index contributed by atoms with van der Waals surface area (Å²) in [4.78, 5) is 12.5. The second-order valence-corrected chi connectivity index (χ2v) is 5.79. The monoisotopic (exact) mass is 272 g/mol. The molecule has 0 fully saturated rings. The minimum atomic E-state index is -3.82. The van der Waals surface area contributed by atoms with Crippen LogP contribution in [0.1, 0.15) is 6.92 Å². The van der Waals surface area contributed by atoms with Crippen LogP contribution in [0.5, 0.6) is 0 Å². The number of benzene rings is 1. The molecule has 0 aliphatic heterocycles. The van der Waals surface area contributed by atoms with Crippen molar-refractivity contribution in [3.63, 3.8) is 0 Å². The van der Waals surface area contributed by atoms with E-state index in [-0.39, 0.29) is 4.90 Å². The lowest BCUT2D eigenvalue weighted by Crippen LogP contribution is -2.38. The summed E-state index contributed by atoms with van der Waals surface area (Å²) in [6.45, 7) is 1.27. The van der Waals surface area contributed by atoms with Gasteiger partial charge >= 0.3 is 5.97 Å². The standard InChI is InChI=1S/C11H16N2O4S/c1-8(11(14)15)12-18(16,17)10-6-4-5-9(7-10)13(2)3/h4-8,12H,1-3H3,(H,14,15)/t8-/m0/s1. The highest BCUT2D eigenvalue weighted by Gasteiger charge is 2.21. The first-order chi connectivity index (χ1) is 8.24. The number of rotatable bonds is 5. The van der Waals surface area contributed by atoms with Gasteiger partial charge in [0, 0.05) is 19.8 Å². The Kier molecular flexibility index (Phi) is 4.31. The molecule has 1 rings (SSSR count). The van der Waals surface area contributed by atoms with Gasteiger partial charge in [0.25, 0.3) is 0 Å². The minimum Gasteiger partial charge on any atom is -0.480 e. The number of carboxylic acid groups (broad SMARTS) is 1. The molecule has 0 heterocycles. The van der Waals surface area contributed by atoms with Crippen molar-refractivity contribution in [1.29, 1.82) is 0 Å². The molecular formula is C11H16N2O4S. The van der Waals surface area contributed by atoms with Gasteiger partial charge in [0.2, 0.25) is 10.0 Å². The Hall–Kier alpha value is -1.60. The number of nitrogens with zero attached hydrogens (tertiary/aromatic N) is 1. The number of hydrogen-bond donors (Lipinski definition) is 2. The Morgan fingerprint density at radius 3 is 2.50 bits per heavy atom. The maximum atomic E-state index is 11.9. The minimum absolute atomic E-state index is 0.0433. The van der Waals surface area contributed by atoms with Gasteiger partial charge in [-0.1, -0.05) is 6.07 Å². The maximum absolute atomic E-state index is 11.9. The van der Waals surface area contributed by atoms with E-state index >= 15 is 0 Å². The lowest BCUT2D eigenvalue weighted by Gasteiger charge is -2.15. The lowest BCUT2D eigenvalue weighted by atomic mass is 10.3. The van der Waals surface area contributed by atoms with Crippen LogP contribution >= 0.6 is 0 Å². The summed E-state index contributed by atoms with van der Waals surface area (Å²) in [5.41, 5.74) is 0.723. The van der Waals surface area contributed by atoms with Crippen molar-refractivity contribution in [3.8, 4) is 0 Å². The fourth-order valence-electron chi connectivity index (χ4n) is 1.28. The number of aliphatic carboxylic acids is 1. The summed E-state index contributed by atoms with van der Waals surface area (Å²) < 4.78 is 26.0. The van der Waals surface area contributed by atoms with Crippen LogP contribution in [0.25, 0.3) is 0 Å². The molecule has 1 aromatic rings. The number of nitrogens with one attached hydrogen (secondary N) is 1. The molecule has 100 valence electrons. The van der Waals surface area contributed by atoms with Crippen LogP contribution in [0, 0.1) is 0 Å². The van der Waals surface area contributed by atoms with Crippen molar-refractivity contribution >= 4 is 21.7 Å². The second-order valence-electron chi connectivity index (χ2n) is 4.07. The SMILES string of the molecule is C[C@H](NS(=O)(=O)c1cccc(N(C)C)c1)C(=O)O. The summed E-state index contributed by atoms with van der Waals surface area (Å²) >= 11 is 0. The predicted molar refractivity (Wildman–Crippen MR) is 68.2 cm³/mol. The Morgan fingerprint density at radius 1 is 1.39 bits per heavy atom. The highest BCUT2D eigenvalue weighted by Crippen LogP contribution is 2.17. The van der Waals surface area contributed by atoms with E-state index in [0.29, 0.717) is 0 Å². The molecule has 0 spiro atoms. The zero-order valence-electron chi connectivity index (χ0n) is 10.4. The van der Waals surface area contributed by atoms with E-state index in [1.54, 1.807) is 31.1 Å². The van der Waals surface area contributed by atoms with Gasteiger partial charge in [0.05, 0.1) is 4.90 Å². The van der Waals surface area contributed by atoms with E-state index in [9.17, 15) is 13.2 Å². The average Bonchev–Trinajstić information content (AvgIpc) is 2.28. The number of carboxylic acids is 1. The predicted octanol–water partition coefficient (Wildman–Crippen LogP) is 0.504. The van der Waals surface area contributed by atoms with E-state index < -0.39 is 22.0 Å². The van der Waals surface area contributed by atoms with E-state index in [1.807, 2.05) is 0 Å². The first-order valence-electron chi connectivity index (χ1n) is 5.26. The highest BCUT2D eigenvalue weighted by atomic mass is 32.2. The molecule has 1 aromatic carbocycles. The van der Waals surface area contributed by atoms with E-state index in [4.69, 9.17) is 5.11 Å². The van der Waals surface area contributed by atoms with Gasteiger partial charge in [-0.2, -0.15) is 4.72 Å². The molecule has 0 radical (unpaired) electrons. The lowest BCUT2D eigenvalue weighted by molar-refractivity contribution is -0.138. The number of carbonyl (C=O) groups is 1. The smallest absolute Gasteiger partial charge is 0.321 e. The van der Waals surface area contributed by atoms with Crippen molar-refractivity contribution in [2.45, 2.75) is 17.9 Å². The topological polar surface area (TPSA) is 86.7 Å². The molecule has 0 bridgehead atoms. The highest BCUT2D eigenvalue weighted by molar-refractivity contribution is 7.89. The summed E-state index contributed by atoms with van der Waals surface area (Å²) in [5, 5.41) is 8.70. The first-order valence-corrected chi connectivity index (χ1v) is 6.75. The third-order valence-electron chi connectivity index (χ3n) is 2.35. The average molecular weight is 272 g/mol. The number of sulfonamides is 1. The number of hydrogen-bond acceptors (Lipinski definition) is 4. The molecule has 7 heteroatoms. The van der Waals surface area contributed by atoms with E-state index in [2.05, 4.69) is 4.72 Å².